The zero-order valence-corrected chi connectivity index (χ0v) is 11.1. The lowest BCUT2D eigenvalue weighted by Gasteiger charge is -2.02. The largest absolute Gasteiger partial charge is 0.328 e. The van der Waals surface area contributed by atoms with Crippen molar-refractivity contribution in [3.63, 3.8) is 0 Å². The Morgan fingerprint density at radius 1 is 1.26 bits per heavy atom. The molecule has 0 aliphatic heterocycles. The van der Waals surface area contributed by atoms with Gasteiger partial charge in [-0.15, -0.1) is 0 Å². The van der Waals surface area contributed by atoms with Gasteiger partial charge in [0.15, 0.2) is 5.82 Å². The molecule has 1 amide bonds. The van der Waals surface area contributed by atoms with Crippen molar-refractivity contribution in [3.05, 3.63) is 41.2 Å². The van der Waals surface area contributed by atoms with Gasteiger partial charge in [-0.3, -0.25) is 10.1 Å². The molecule has 0 saturated heterocycles. The Hall–Kier alpha value is -2.17. The van der Waals surface area contributed by atoms with Crippen molar-refractivity contribution in [3.8, 4) is 0 Å². The Morgan fingerprint density at radius 3 is 2.53 bits per heavy atom. The topological polar surface area (TPSA) is 68.0 Å². The maximum Gasteiger partial charge on any atom is 0.328 e. The van der Waals surface area contributed by atoms with Crippen LogP contribution < -0.4 is 5.32 Å². The van der Waals surface area contributed by atoms with Gasteiger partial charge in [0.2, 0.25) is 5.91 Å². The first-order valence-corrected chi connectivity index (χ1v) is 6.35. The zero-order valence-electron chi connectivity index (χ0n) is 11.1. The van der Waals surface area contributed by atoms with Crippen molar-refractivity contribution in [1.29, 1.82) is 0 Å². The maximum absolute atomic E-state index is 11.7. The first kappa shape index (κ1) is 13.3. The van der Waals surface area contributed by atoms with Gasteiger partial charge in [-0.25, -0.2) is 0 Å². The van der Waals surface area contributed by atoms with E-state index in [2.05, 4.69) is 46.6 Å². The minimum atomic E-state index is -0.122. The van der Waals surface area contributed by atoms with E-state index >= 15 is 0 Å². The van der Waals surface area contributed by atoms with Crippen molar-refractivity contribution in [2.45, 2.75) is 33.1 Å². The maximum atomic E-state index is 11.7. The minimum Gasteiger partial charge on any atom is -0.315 e. The number of amides is 1. The van der Waals surface area contributed by atoms with Gasteiger partial charge >= 0.3 is 6.01 Å². The molecule has 5 nitrogen and oxygen atoms in total. The molecular weight excluding hydrogens is 242 g/mol. The van der Waals surface area contributed by atoms with Crippen LogP contribution in [0.5, 0.6) is 0 Å². The summed E-state index contributed by atoms with van der Waals surface area (Å²) in [5.41, 5.74) is 2.45. The molecule has 2 aromatic rings. The van der Waals surface area contributed by atoms with Gasteiger partial charge in [0, 0.05) is 6.42 Å². The van der Waals surface area contributed by atoms with Gasteiger partial charge in [0.1, 0.15) is 0 Å². The SMILES string of the molecule is CCc1ccc(CCC(=O)Nc2nc(C)no2)cc1. The molecule has 0 spiro atoms. The average Bonchev–Trinajstić information content (AvgIpc) is 2.82. The van der Waals surface area contributed by atoms with E-state index < -0.39 is 0 Å². The number of nitrogens with zero attached hydrogens (tertiary/aromatic N) is 2. The summed E-state index contributed by atoms with van der Waals surface area (Å²) in [4.78, 5) is 15.6. The standard InChI is InChI=1S/C14H17N3O2/c1-3-11-4-6-12(7-5-11)8-9-13(18)16-14-15-10(2)17-19-14/h4-7H,3,8-9H2,1-2H3,(H,15,16,17,18). The van der Waals surface area contributed by atoms with Crippen LogP contribution in [-0.4, -0.2) is 16.0 Å². The molecule has 0 saturated carbocycles. The number of nitrogens with one attached hydrogen (secondary N) is 1. The summed E-state index contributed by atoms with van der Waals surface area (Å²) < 4.78 is 4.82. The summed E-state index contributed by atoms with van der Waals surface area (Å²) in [6.45, 7) is 3.82. The van der Waals surface area contributed by atoms with Crippen molar-refractivity contribution in [2.24, 2.45) is 0 Å². The number of aryl methyl sites for hydroxylation is 3. The Morgan fingerprint density at radius 2 is 1.95 bits per heavy atom. The van der Waals surface area contributed by atoms with Gasteiger partial charge in [0.05, 0.1) is 0 Å². The second-order valence-electron chi connectivity index (χ2n) is 4.36. The van der Waals surface area contributed by atoms with Crippen molar-refractivity contribution in [2.75, 3.05) is 5.32 Å². The second-order valence-corrected chi connectivity index (χ2v) is 4.36. The minimum absolute atomic E-state index is 0.122. The molecule has 0 radical (unpaired) electrons. The van der Waals surface area contributed by atoms with Gasteiger partial charge in [-0.05, 0) is 30.9 Å². The number of carbonyl (C=O) groups is 1. The van der Waals surface area contributed by atoms with Crippen LogP contribution in [0.15, 0.2) is 28.8 Å². The van der Waals surface area contributed by atoms with E-state index in [9.17, 15) is 4.79 Å². The van der Waals surface area contributed by atoms with Crippen LogP contribution in [0.3, 0.4) is 0 Å². The van der Waals surface area contributed by atoms with Crippen LogP contribution >= 0.6 is 0 Å². The number of hydrogen-bond acceptors (Lipinski definition) is 4. The number of benzene rings is 1. The molecule has 1 N–H and O–H groups in total. The van der Waals surface area contributed by atoms with Gasteiger partial charge in [-0.2, -0.15) is 4.98 Å². The molecule has 0 aliphatic carbocycles. The van der Waals surface area contributed by atoms with Crippen molar-refractivity contribution in [1.82, 2.24) is 10.1 Å². The van der Waals surface area contributed by atoms with Gasteiger partial charge in [-0.1, -0.05) is 36.3 Å². The predicted molar refractivity (Wildman–Crippen MR) is 71.8 cm³/mol. The van der Waals surface area contributed by atoms with E-state index in [1.54, 1.807) is 6.92 Å². The number of rotatable bonds is 5. The lowest BCUT2D eigenvalue weighted by Crippen LogP contribution is -2.12. The van der Waals surface area contributed by atoms with E-state index in [-0.39, 0.29) is 11.9 Å². The molecule has 0 fully saturated rings. The predicted octanol–water partition coefficient (Wildman–Crippen LogP) is 2.51. The van der Waals surface area contributed by atoms with Crippen molar-refractivity contribution < 1.29 is 9.32 Å². The van der Waals surface area contributed by atoms with E-state index in [0.29, 0.717) is 18.7 Å². The lowest BCUT2D eigenvalue weighted by molar-refractivity contribution is -0.116. The summed E-state index contributed by atoms with van der Waals surface area (Å²) >= 11 is 0. The molecule has 100 valence electrons. The first-order valence-electron chi connectivity index (χ1n) is 6.35. The molecule has 19 heavy (non-hydrogen) atoms. The molecule has 1 aromatic carbocycles. The highest BCUT2D eigenvalue weighted by molar-refractivity contribution is 5.88. The van der Waals surface area contributed by atoms with E-state index in [4.69, 9.17) is 4.52 Å². The van der Waals surface area contributed by atoms with Gasteiger partial charge in [0.25, 0.3) is 0 Å². The quantitative estimate of drug-likeness (QED) is 0.895. The summed E-state index contributed by atoms with van der Waals surface area (Å²) in [6, 6.07) is 8.46. The molecule has 0 aliphatic rings. The van der Waals surface area contributed by atoms with Crippen LogP contribution in [0.25, 0.3) is 0 Å². The van der Waals surface area contributed by atoms with E-state index in [0.717, 1.165) is 12.0 Å². The second kappa shape index (κ2) is 6.13. The number of anilines is 1. The fraction of sp³-hybridized carbons (Fsp3) is 0.357. The zero-order chi connectivity index (χ0) is 13.7. The number of aromatic nitrogens is 2. The lowest BCUT2D eigenvalue weighted by atomic mass is 10.1. The monoisotopic (exact) mass is 259 g/mol. The van der Waals surface area contributed by atoms with Crippen LogP contribution in [0, 0.1) is 6.92 Å². The third kappa shape index (κ3) is 3.91. The Balaban J connectivity index is 1.82. The average molecular weight is 259 g/mol. The number of carbonyl (C=O) groups excluding carboxylic acids is 1. The Kier molecular flexibility index (Phi) is 4.28. The fourth-order valence-corrected chi connectivity index (χ4v) is 1.73. The first-order chi connectivity index (χ1) is 9.17. The van der Waals surface area contributed by atoms with Crippen LogP contribution in [0.4, 0.5) is 6.01 Å². The molecule has 0 bridgehead atoms. The third-order valence-electron chi connectivity index (χ3n) is 2.85. The van der Waals surface area contributed by atoms with Crippen LogP contribution in [-0.2, 0) is 17.6 Å². The highest BCUT2D eigenvalue weighted by atomic mass is 16.5. The van der Waals surface area contributed by atoms with E-state index in [1.807, 2.05) is 0 Å². The molecule has 5 heteroatoms. The molecule has 0 atom stereocenters. The van der Waals surface area contributed by atoms with E-state index in [1.165, 1.54) is 5.56 Å². The highest BCUT2D eigenvalue weighted by Gasteiger charge is 2.07. The summed E-state index contributed by atoms with van der Waals surface area (Å²) in [7, 11) is 0. The van der Waals surface area contributed by atoms with Crippen LogP contribution in [0.1, 0.15) is 30.3 Å². The molecular formula is C14H17N3O2. The molecule has 0 unspecified atom stereocenters. The summed E-state index contributed by atoms with van der Waals surface area (Å²) in [5, 5.41) is 6.18. The highest BCUT2D eigenvalue weighted by Crippen LogP contribution is 2.08. The third-order valence-corrected chi connectivity index (χ3v) is 2.85. The summed E-state index contributed by atoms with van der Waals surface area (Å²) in [6.07, 6.45) is 2.12. The van der Waals surface area contributed by atoms with Gasteiger partial charge < -0.3 is 4.52 Å². The summed E-state index contributed by atoms with van der Waals surface area (Å²) in [5.74, 6) is 0.383. The van der Waals surface area contributed by atoms with Crippen molar-refractivity contribution >= 4 is 11.9 Å². The molecule has 2 rings (SSSR count). The molecule has 1 aromatic heterocycles. The Bertz CT molecular complexity index is 546. The number of hydrogen-bond donors (Lipinski definition) is 1. The normalized spacial score (nSPS) is 10.4. The fourth-order valence-electron chi connectivity index (χ4n) is 1.73. The van der Waals surface area contributed by atoms with Crippen LogP contribution in [0.2, 0.25) is 0 Å². The molecule has 1 heterocycles. The smallest absolute Gasteiger partial charge is 0.315 e. The Labute approximate surface area is 112 Å².